The average molecular weight is 378 g/mol. The molecule has 0 fully saturated rings. The van der Waals surface area contributed by atoms with Crippen molar-refractivity contribution in [1.82, 2.24) is 25.5 Å². The van der Waals surface area contributed by atoms with Crippen LogP contribution in [0, 0.1) is 6.92 Å². The number of amides is 3. The summed E-state index contributed by atoms with van der Waals surface area (Å²) in [6, 6.07) is 0.404. The minimum atomic E-state index is -4.56. The number of urea groups is 1. The summed E-state index contributed by atoms with van der Waals surface area (Å²) in [6.07, 6.45) is -3.11. The third kappa shape index (κ3) is 5.14. The maximum Gasteiger partial charge on any atom is 0.405 e. The van der Waals surface area contributed by atoms with Crippen LogP contribution in [0.1, 0.15) is 5.76 Å². The SMILES string of the molecule is Cc1occc1-c1nnc(SCC(=O)NC(=O)NCC(F)(F)F)n1N. The van der Waals surface area contributed by atoms with E-state index in [1.54, 1.807) is 18.3 Å². The van der Waals surface area contributed by atoms with Crippen LogP contribution in [0.5, 0.6) is 0 Å². The number of nitrogens with two attached hydrogens (primary N) is 1. The van der Waals surface area contributed by atoms with Crippen LogP contribution in [-0.2, 0) is 4.79 Å². The summed E-state index contributed by atoms with van der Waals surface area (Å²) in [5, 5.41) is 11.2. The zero-order valence-electron chi connectivity index (χ0n) is 12.8. The lowest BCUT2D eigenvalue weighted by molar-refractivity contribution is -0.124. The second-order valence-corrected chi connectivity index (χ2v) is 5.64. The number of carbonyl (C=O) groups is 2. The van der Waals surface area contributed by atoms with Crippen molar-refractivity contribution in [3.8, 4) is 11.4 Å². The molecule has 0 aliphatic heterocycles. The Morgan fingerprint density at radius 1 is 1.40 bits per heavy atom. The predicted octanol–water partition coefficient (Wildman–Crippen LogP) is 1.04. The van der Waals surface area contributed by atoms with Crippen LogP contribution >= 0.6 is 11.8 Å². The zero-order chi connectivity index (χ0) is 18.6. The fourth-order valence-electron chi connectivity index (χ4n) is 1.69. The average Bonchev–Trinajstić information content (AvgIpc) is 3.08. The maximum atomic E-state index is 11.9. The van der Waals surface area contributed by atoms with Crippen molar-refractivity contribution in [3.63, 3.8) is 0 Å². The van der Waals surface area contributed by atoms with Gasteiger partial charge in [-0.05, 0) is 13.0 Å². The van der Waals surface area contributed by atoms with Crippen molar-refractivity contribution in [1.29, 1.82) is 0 Å². The number of rotatable bonds is 5. The van der Waals surface area contributed by atoms with Gasteiger partial charge in [-0.15, -0.1) is 10.2 Å². The number of carbonyl (C=O) groups excluding carboxylic acids is 2. The monoisotopic (exact) mass is 378 g/mol. The number of aromatic nitrogens is 3. The van der Waals surface area contributed by atoms with Crippen molar-refractivity contribution >= 4 is 23.7 Å². The van der Waals surface area contributed by atoms with E-state index in [9.17, 15) is 22.8 Å². The molecule has 2 rings (SSSR count). The molecule has 13 heteroatoms. The Labute approximate surface area is 143 Å². The quantitative estimate of drug-likeness (QED) is 0.524. The van der Waals surface area contributed by atoms with Crippen LogP contribution < -0.4 is 16.5 Å². The molecule has 2 aromatic heterocycles. The van der Waals surface area contributed by atoms with Gasteiger partial charge >= 0.3 is 12.2 Å². The molecule has 0 atom stereocenters. The number of nitrogens with one attached hydrogen (secondary N) is 2. The molecule has 0 radical (unpaired) electrons. The number of thioether (sulfide) groups is 1. The molecule has 3 amide bonds. The zero-order valence-corrected chi connectivity index (χ0v) is 13.6. The third-order valence-electron chi connectivity index (χ3n) is 2.80. The molecule has 0 spiro atoms. The predicted molar refractivity (Wildman–Crippen MR) is 80.9 cm³/mol. The standard InChI is InChI=1S/C12H13F3N6O3S/c1-6-7(2-3-24-6)9-19-20-11(21(9)16)25-4-8(22)18-10(23)17-5-12(13,14)15/h2-3H,4-5,16H2,1H3,(H2,17,18,22,23). The van der Waals surface area contributed by atoms with Gasteiger partial charge in [0.15, 0.2) is 5.82 Å². The fourth-order valence-corrected chi connectivity index (χ4v) is 2.35. The Balaban J connectivity index is 1.87. The van der Waals surface area contributed by atoms with Gasteiger partial charge in [-0.3, -0.25) is 10.1 Å². The molecule has 0 aliphatic carbocycles. The van der Waals surface area contributed by atoms with E-state index in [0.717, 1.165) is 16.4 Å². The second-order valence-electron chi connectivity index (χ2n) is 4.70. The number of furan rings is 1. The van der Waals surface area contributed by atoms with Crippen LogP contribution in [0.25, 0.3) is 11.4 Å². The Morgan fingerprint density at radius 2 is 2.12 bits per heavy atom. The molecule has 0 aliphatic rings. The van der Waals surface area contributed by atoms with Crippen molar-refractivity contribution < 1.29 is 27.2 Å². The van der Waals surface area contributed by atoms with Crippen molar-refractivity contribution in [2.45, 2.75) is 18.3 Å². The topological polar surface area (TPSA) is 128 Å². The van der Waals surface area contributed by atoms with Gasteiger partial charge in [-0.1, -0.05) is 11.8 Å². The maximum absolute atomic E-state index is 11.9. The lowest BCUT2D eigenvalue weighted by atomic mass is 10.2. The molecule has 2 aromatic rings. The van der Waals surface area contributed by atoms with Gasteiger partial charge in [0.2, 0.25) is 11.1 Å². The highest BCUT2D eigenvalue weighted by molar-refractivity contribution is 7.99. The second kappa shape index (κ2) is 7.46. The van der Waals surface area contributed by atoms with E-state index >= 15 is 0 Å². The number of nitrogens with zero attached hydrogens (tertiary/aromatic N) is 3. The summed E-state index contributed by atoms with van der Waals surface area (Å²) < 4.78 is 42.1. The van der Waals surface area contributed by atoms with E-state index in [1.165, 1.54) is 11.6 Å². The van der Waals surface area contributed by atoms with Gasteiger partial charge in [-0.25, -0.2) is 9.47 Å². The fraction of sp³-hybridized carbons (Fsp3) is 0.333. The molecule has 4 N–H and O–H groups in total. The molecule has 9 nitrogen and oxygen atoms in total. The minimum Gasteiger partial charge on any atom is -0.469 e. The van der Waals surface area contributed by atoms with E-state index in [2.05, 4.69) is 10.2 Å². The van der Waals surface area contributed by atoms with Gasteiger partial charge in [0, 0.05) is 0 Å². The van der Waals surface area contributed by atoms with Crippen LogP contribution in [0.4, 0.5) is 18.0 Å². The first-order valence-corrected chi connectivity index (χ1v) is 7.68. The summed E-state index contributed by atoms with van der Waals surface area (Å²) in [7, 11) is 0. The molecule has 0 unspecified atom stereocenters. The van der Waals surface area contributed by atoms with E-state index in [1.807, 2.05) is 0 Å². The first-order chi connectivity index (χ1) is 11.7. The molecule has 0 bridgehead atoms. The van der Waals surface area contributed by atoms with E-state index < -0.39 is 24.7 Å². The number of aryl methyl sites for hydroxylation is 1. The number of hydrogen-bond acceptors (Lipinski definition) is 7. The molecule has 0 aromatic carbocycles. The first-order valence-electron chi connectivity index (χ1n) is 6.69. The van der Waals surface area contributed by atoms with Crippen molar-refractivity contribution in [2.75, 3.05) is 18.1 Å². The molecule has 136 valence electrons. The van der Waals surface area contributed by atoms with E-state index in [-0.39, 0.29) is 10.9 Å². The number of nitrogen functional groups attached to an aromatic ring is 1. The molecule has 0 saturated heterocycles. The summed E-state index contributed by atoms with van der Waals surface area (Å²) in [5.41, 5.74) is 0.623. The summed E-state index contributed by atoms with van der Waals surface area (Å²) in [4.78, 5) is 22.7. The Morgan fingerprint density at radius 3 is 2.72 bits per heavy atom. The highest BCUT2D eigenvalue weighted by Crippen LogP contribution is 2.24. The highest BCUT2D eigenvalue weighted by Gasteiger charge is 2.28. The molecular weight excluding hydrogens is 365 g/mol. The Hall–Kier alpha value is -2.70. The van der Waals surface area contributed by atoms with Crippen LogP contribution in [0.3, 0.4) is 0 Å². The van der Waals surface area contributed by atoms with Gasteiger partial charge in [-0.2, -0.15) is 13.2 Å². The largest absolute Gasteiger partial charge is 0.469 e. The van der Waals surface area contributed by atoms with Gasteiger partial charge in [0.1, 0.15) is 12.3 Å². The van der Waals surface area contributed by atoms with Gasteiger partial charge in [0.25, 0.3) is 0 Å². The molecule has 2 heterocycles. The lowest BCUT2D eigenvalue weighted by Crippen LogP contribution is -2.44. The number of halogens is 3. The van der Waals surface area contributed by atoms with Crippen LogP contribution in [0.15, 0.2) is 21.9 Å². The first kappa shape index (κ1) is 18.6. The van der Waals surface area contributed by atoms with Crippen LogP contribution in [-0.4, -0.2) is 45.3 Å². The summed E-state index contributed by atoms with van der Waals surface area (Å²) in [5.74, 6) is 5.63. The van der Waals surface area contributed by atoms with Crippen molar-refractivity contribution in [2.24, 2.45) is 0 Å². The van der Waals surface area contributed by atoms with Crippen molar-refractivity contribution in [3.05, 3.63) is 18.1 Å². The molecule has 0 saturated carbocycles. The Kier molecular flexibility index (Phi) is 5.56. The minimum absolute atomic E-state index is 0.182. The number of hydrogen-bond donors (Lipinski definition) is 3. The normalized spacial score (nSPS) is 11.4. The smallest absolute Gasteiger partial charge is 0.405 e. The summed E-state index contributed by atoms with van der Waals surface area (Å²) in [6.45, 7) is 0.174. The van der Waals surface area contributed by atoms with E-state index in [4.69, 9.17) is 10.3 Å². The van der Waals surface area contributed by atoms with Gasteiger partial charge in [0.05, 0.1) is 17.6 Å². The van der Waals surface area contributed by atoms with Gasteiger partial charge < -0.3 is 15.6 Å². The number of imide groups is 1. The number of alkyl halides is 3. The van der Waals surface area contributed by atoms with E-state index in [0.29, 0.717) is 17.1 Å². The Bertz CT molecular complexity index is 772. The van der Waals surface area contributed by atoms with Crippen LogP contribution in [0.2, 0.25) is 0 Å². The summed E-state index contributed by atoms with van der Waals surface area (Å²) >= 11 is 0.864. The lowest BCUT2D eigenvalue weighted by Gasteiger charge is -2.08. The third-order valence-corrected chi connectivity index (χ3v) is 3.74. The molecule has 25 heavy (non-hydrogen) atoms. The highest BCUT2D eigenvalue weighted by atomic mass is 32.2. The molecular formula is C12H13F3N6O3S.